The van der Waals surface area contributed by atoms with Crippen LogP contribution in [0.25, 0.3) is 0 Å². The molecule has 10 heteroatoms. The number of esters is 2. The standard InChI is InChI=1S/C32H46N2O7S/c1-6-8-15-32(16-9-7-2)31(37)42-27-17-23(21-33-24(18-28(35)40-4)19-29(36)41-5)26(39-3)20-25(27)30(34(32)38)22-13-11-10-12-14-22/h10-14,17,20,24,30-31,33,37-38H,6-9,15-16,18-19,21H2,1-5H3. The number of carbonyl (C=O) groups is 2. The second-order valence-electron chi connectivity index (χ2n) is 10.8. The number of thioether (sulfide) groups is 1. The van der Waals surface area contributed by atoms with Gasteiger partial charge in [0.05, 0.1) is 45.8 Å². The lowest BCUT2D eigenvalue weighted by atomic mass is 9.84. The quantitative estimate of drug-likeness (QED) is 0.222. The Bertz CT molecular complexity index is 1140. The van der Waals surface area contributed by atoms with Gasteiger partial charge in [0.15, 0.2) is 0 Å². The van der Waals surface area contributed by atoms with Crippen LogP contribution in [0.3, 0.4) is 0 Å². The van der Waals surface area contributed by atoms with Crippen LogP contribution in [0.4, 0.5) is 0 Å². The minimum atomic E-state index is -0.881. The van der Waals surface area contributed by atoms with Gasteiger partial charge in [0.1, 0.15) is 11.2 Å². The molecule has 0 aliphatic carbocycles. The number of fused-ring (bicyclic) bond motifs is 1. The van der Waals surface area contributed by atoms with Crippen LogP contribution in [0.1, 0.15) is 87.9 Å². The van der Waals surface area contributed by atoms with Crippen LogP contribution in [-0.4, -0.2) is 65.7 Å². The third-order valence-electron chi connectivity index (χ3n) is 8.01. The first-order chi connectivity index (χ1) is 20.2. The lowest BCUT2D eigenvalue weighted by Gasteiger charge is -2.45. The predicted octanol–water partition coefficient (Wildman–Crippen LogP) is 5.60. The van der Waals surface area contributed by atoms with Gasteiger partial charge >= 0.3 is 11.9 Å². The van der Waals surface area contributed by atoms with E-state index in [2.05, 4.69) is 19.2 Å². The van der Waals surface area contributed by atoms with E-state index in [1.807, 2.05) is 42.5 Å². The third kappa shape index (κ3) is 8.05. The van der Waals surface area contributed by atoms with E-state index in [0.29, 0.717) is 25.1 Å². The van der Waals surface area contributed by atoms with Gasteiger partial charge in [0, 0.05) is 23.0 Å². The molecule has 0 aromatic heterocycles. The molecule has 1 aliphatic rings. The summed E-state index contributed by atoms with van der Waals surface area (Å²) in [7, 11) is 4.21. The molecule has 0 spiro atoms. The Labute approximate surface area is 253 Å². The van der Waals surface area contributed by atoms with Crippen LogP contribution >= 0.6 is 11.8 Å². The van der Waals surface area contributed by atoms with Gasteiger partial charge in [0.2, 0.25) is 0 Å². The Hall–Kier alpha value is -2.63. The average molecular weight is 603 g/mol. The van der Waals surface area contributed by atoms with E-state index < -0.39 is 35.0 Å². The van der Waals surface area contributed by atoms with E-state index in [4.69, 9.17) is 14.2 Å². The SMILES string of the molecule is CCCCC1(CCCC)C(O)Sc2cc(CNC(CC(=O)OC)CC(=O)OC)c(OC)cc2C(c2ccccc2)N1O. The van der Waals surface area contributed by atoms with Crippen molar-refractivity contribution in [2.45, 2.75) is 99.7 Å². The van der Waals surface area contributed by atoms with Crippen LogP contribution < -0.4 is 10.1 Å². The number of nitrogens with one attached hydrogen (secondary N) is 1. The fourth-order valence-electron chi connectivity index (χ4n) is 5.56. The van der Waals surface area contributed by atoms with E-state index in [1.54, 1.807) is 7.11 Å². The molecule has 1 aliphatic heterocycles. The fraction of sp³-hybridized carbons (Fsp3) is 0.562. The summed E-state index contributed by atoms with van der Waals surface area (Å²) < 4.78 is 15.5. The Morgan fingerprint density at radius 2 is 1.60 bits per heavy atom. The summed E-state index contributed by atoms with van der Waals surface area (Å²) in [4.78, 5) is 24.8. The van der Waals surface area contributed by atoms with Crippen molar-refractivity contribution in [1.29, 1.82) is 0 Å². The number of aliphatic hydroxyl groups is 1. The first-order valence-electron chi connectivity index (χ1n) is 14.7. The molecule has 0 fully saturated rings. The lowest BCUT2D eigenvalue weighted by molar-refractivity contribution is -0.219. The number of aliphatic hydroxyl groups excluding tert-OH is 1. The average Bonchev–Trinajstić information content (AvgIpc) is 3.08. The van der Waals surface area contributed by atoms with Crippen LogP contribution in [0.15, 0.2) is 47.4 Å². The van der Waals surface area contributed by atoms with E-state index in [1.165, 1.54) is 31.0 Å². The zero-order valence-corrected chi connectivity index (χ0v) is 26.2. The van der Waals surface area contributed by atoms with Gasteiger partial charge in [-0.05, 0) is 36.1 Å². The van der Waals surface area contributed by atoms with Gasteiger partial charge in [0.25, 0.3) is 0 Å². The number of hydrogen-bond donors (Lipinski definition) is 3. The van der Waals surface area contributed by atoms with E-state index in [0.717, 1.165) is 47.3 Å². The summed E-state index contributed by atoms with van der Waals surface area (Å²) in [6.07, 6.45) is 4.94. The number of unbranched alkanes of at least 4 members (excludes halogenated alkanes) is 2. The van der Waals surface area contributed by atoms with Crippen molar-refractivity contribution in [1.82, 2.24) is 10.4 Å². The summed E-state index contributed by atoms with van der Waals surface area (Å²) in [6.45, 7) is 4.53. The molecule has 2 aromatic carbocycles. The van der Waals surface area contributed by atoms with Gasteiger partial charge in [-0.1, -0.05) is 81.6 Å². The summed E-state index contributed by atoms with van der Waals surface area (Å²) in [5.41, 5.74) is 0.810. The Morgan fingerprint density at radius 1 is 1.00 bits per heavy atom. The van der Waals surface area contributed by atoms with Crippen molar-refractivity contribution in [3.63, 3.8) is 0 Å². The van der Waals surface area contributed by atoms with Crippen LogP contribution in [0.2, 0.25) is 0 Å². The molecule has 2 atom stereocenters. The number of methoxy groups -OCH3 is 3. The third-order valence-corrected chi connectivity index (χ3v) is 9.28. The van der Waals surface area contributed by atoms with Crippen molar-refractivity contribution in [2.24, 2.45) is 0 Å². The normalized spacial score (nSPS) is 18.3. The molecular formula is C32H46N2O7S. The van der Waals surface area contributed by atoms with Gasteiger partial charge in [-0.3, -0.25) is 9.59 Å². The largest absolute Gasteiger partial charge is 0.496 e. The van der Waals surface area contributed by atoms with Gasteiger partial charge in [-0.25, -0.2) is 0 Å². The van der Waals surface area contributed by atoms with Gasteiger partial charge in [-0.15, -0.1) is 0 Å². The number of hydroxylamine groups is 2. The zero-order chi connectivity index (χ0) is 30.7. The van der Waals surface area contributed by atoms with Crippen molar-refractivity contribution >= 4 is 23.7 Å². The van der Waals surface area contributed by atoms with Gasteiger partial charge in [-0.2, -0.15) is 5.06 Å². The van der Waals surface area contributed by atoms with E-state index >= 15 is 0 Å². The maximum Gasteiger partial charge on any atom is 0.307 e. The number of hydrogen-bond acceptors (Lipinski definition) is 10. The van der Waals surface area contributed by atoms with Gasteiger partial charge < -0.3 is 29.8 Å². The maximum atomic E-state index is 12.1. The molecule has 0 bridgehead atoms. The fourth-order valence-corrected chi connectivity index (χ4v) is 6.88. The number of carbonyl (C=O) groups excluding carboxylic acids is 2. The monoisotopic (exact) mass is 602 g/mol. The minimum absolute atomic E-state index is 0.000743. The molecule has 9 nitrogen and oxygen atoms in total. The lowest BCUT2D eigenvalue weighted by Crippen LogP contribution is -2.54. The molecule has 3 rings (SSSR count). The van der Waals surface area contributed by atoms with Crippen molar-refractivity contribution in [3.8, 4) is 5.75 Å². The Balaban J connectivity index is 2.08. The van der Waals surface area contributed by atoms with E-state index in [9.17, 15) is 19.9 Å². The second kappa shape index (κ2) is 16.3. The molecule has 2 unspecified atom stereocenters. The Morgan fingerprint density at radius 3 is 2.12 bits per heavy atom. The molecule has 3 N–H and O–H groups in total. The summed E-state index contributed by atoms with van der Waals surface area (Å²) in [6, 6.07) is 12.7. The first kappa shape index (κ1) is 33.9. The summed E-state index contributed by atoms with van der Waals surface area (Å²) >= 11 is 1.36. The highest BCUT2D eigenvalue weighted by Gasteiger charge is 2.49. The minimum Gasteiger partial charge on any atom is -0.496 e. The maximum absolute atomic E-state index is 12.1. The van der Waals surface area contributed by atoms with Crippen LogP contribution in [0.5, 0.6) is 5.75 Å². The van der Waals surface area contributed by atoms with Crippen LogP contribution in [-0.2, 0) is 25.6 Å². The van der Waals surface area contributed by atoms with E-state index in [-0.39, 0.29) is 12.8 Å². The smallest absolute Gasteiger partial charge is 0.307 e. The summed E-state index contributed by atoms with van der Waals surface area (Å²) in [5, 5.41) is 28.7. The van der Waals surface area contributed by atoms with Crippen molar-refractivity contribution in [3.05, 3.63) is 59.2 Å². The molecule has 232 valence electrons. The number of nitrogens with zero attached hydrogens (tertiary/aromatic N) is 1. The molecule has 42 heavy (non-hydrogen) atoms. The topological polar surface area (TPSA) is 118 Å². The molecule has 0 amide bonds. The first-order valence-corrected chi connectivity index (χ1v) is 15.6. The molecule has 0 saturated heterocycles. The van der Waals surface area contributed by atoms with Crippen molar-refractivity contribution in [2.75, 3.05) is 21.3 Å². The highest BCUT2D eigenvalue weighted by Crippen LogP contribution is 2.51. The van der Waals surface area contributed by atoms with Crippen LogP contribution in [0, 0.1) is 0 Å². The number of ether oxygens (including phenoxy) is 3. The molecular weight excluding hydrogens is 556 g/mol. The molecule has 1 heterocycles. The predicted molar refractivity (Wildman–Crippen MR) is 162 cm³/mol. The zero-order valence-electron chi connectivity index (χ0n) is 25.4. The second-order valence-corrected chi connectivity index (χ2v) is 11.9. The molecule has 0 radical (unpaired) electrons. The molecule has 0 saturated carbocycles. The van der Waals surface area contributed by atoms with Crippen molar-refractivity contribution < 1.29 is 34.1 Å². The summed E-state index contributed by atoms with van der Waals surface area (Å²) in [5.74, 6) is -0.281. The number of rotatable bonds is 15. The molecule has 2 aromatic rings. The number of benzene rings is 2. The highest BCUT2D eigenvalue weighted by molar-refractivity contribution is 7.99. The Kier molecular flexibility index (Phi) is 13.1. The highest BCUT2D eigenvalue weighted by atomic mass is 32.2.